The van der Waals surface area contributed by atoms with Crippen molar-refractivity contribution < 1.29 is 27.4 Å². The number of ether oxygens (including phenoxy) is 2. The van der Waals surface area contributed by atoms with Crippen LogP contribution in [0.3, 0.4) is 0 Å². The fourth-order valence-electron chi connectivity index (χ4n) is 3.70. The van der Waals surface area contributed by atoms with Crippen molar-refractivity contribution in [1.82, 2.24) is 14.5 Å². The van der Waals surface area contributed by atoms with E-state index in [1.165, 1.54) is 36.0 Å². The number of esters is 1. The molecule has 12 heteroatoms. The molecule has 0 aliphatic carbocycles. The molecule has 3 heterocycles. The van der Waals surface area contributed by atoms with E-state index in [1.54, 1.807) is 6.07 Å². The molecule has 0 N–H and O–H groups in total. The van der Waals surface area contributed by atoms with Crippen LogP contribution in [0.4, 0.5) is 18.3 Å². The summed E-state index contributed by atoms with van der Waals surface area (Å²) in [5, 5.41) is 0.594. The zero-order valence-electron chi connectivity index (χ0n) is 17.9. The van der Waals surface area contributed by atoms with Crippen molar-refractivity contribution in [1.29, 1.82) is 0 Å². The van der Waals surface area contributed by atoms with Crippen molar-refractivity contribution in [3.8, 4) is 0 Å². The molecule has 8 nitrogen and oxygen atoms in total. The number of anilines is 1. The predicted molar refractivity (Wildman–Crippen MR) is 116 cm³/mol. The molecule has 2 aromatic heterocycles. The SMILES string of the molecule is COC(=O)Cc1nc(=O)c2sc(N3CCOCC3)nc2n1Cc1cccc(C(F)(F)F)c1C. The van der Waals surface area contributed by atoms with E-state index in [0.29, 0.717) is 37.0 Å². The van der Waals surface area contributed by atoms with Crippen LogP contribution in [-0.4, -0.2) is 53.9 Å². The minimum absolute atomic E-state index is 0.0435. The van der Waals surface area contributed by atoms with Crippen LogP contribution >= 0.6 is 11.3 Å². The summed E-state index contributed by atoms with van der Waals surface area (Å²) in [6.07, 6.45) is -4.82. The van der Waals surface area contributed by atoms with Gasteiger partial charge >= 0.3 is 12.1 Å². The van der Waals surface area contributed by atoms with Crippen LogP contribution in [0.25, 0.3) is 10.3 Å². The van der Waals surface area contributed by atoms with Gasteiger partial charge < -0.3 is 18.9 Å². The lowest BCUT2D eigenvalue weighted by Crippen LogP contribution is -2.36. The number of hydrogen-bond donors (Lipinski definition) is 0. The monoisotopic (exact) mass is 482 g/mol. The molecular formula is C21H21F3N4O4S. The Labute approximate surface area is 190 Å². The first-order valence-electron chi connectivity index (χ1n) is 10.1. The molecule has 1 aromatic carbocycles. The second-order valence-electron chi connectivity index (χ2n) is 7.51. The van der Waals surface area contributed by atoms with Gasteiger partial charge in [-0.05, 0) is 24.1 Å². The van der Waals surface area contributed by atoms with Crippen molar-refractivity contribution in [2.75, 3.05) is 38.3 Å². The maximum Gasteiger partial charge on any atom is 0.416 e. The summed E-state index contributed by atoms with van der Waals surface area (Å²) in [4.78, 5) is 35.4. The van der Waals surface area contributed by atoms with Crippen molar-refractivity contribution in [3.05, 3.63) is 51.1 Å². The summed E-state index contributed by atoms with van der Waals surface area (Å²) < 4.78 is 52.2. The summed E-state index contributed by atoms with van der Waals surface area (Å²) in [7, 11) is 1.21. The first-order chi connectivity index (χ1) is 15.7. The first kappa shape index (κ1) is 23.2. The van der Waals surface area contributed by atoms with Crippen LogP contribution in [0.2, 0.25) is 0 Å². The predicted octanol–water partition coefficient (Wildman–Crippen LogP) is 2.78. The zero-order chi connectivity index (χ0) is 23.8. The Morgan fingerprint density at radius 3 is 2.64 bits per heavy atom. The maximum atomic E-state index is 13.4. The van der Waals surface area contributed by atoms with Crippen molar-refractivity contribution in [2.24, 2.45) is 0 Å². The number of thiazole rings is 1. The minimum atomic E-state index is -4.50. The summed E-state index contributed by atoms with van der Waals surface area (Å²) in [5.41, 5.74) is -0.574. The highest BCUT2D eigenvalue weighted by molar-refractivity contribution is 7.22. The van der Waals surface area contributed by atoms with E-state index in [1.807, 2.05) is 4.90 Å². The molecule has 4 rings (SSSR count). The molecule has 3 aromatic rings. The van der Waals surface area contributed by atoms with Gasteiger partial charge in [0, 0.05) is 13.1 Å². The molecular weight excluding hydrogens is 461 g/mol. The summed E-state index contributed by atoms with van der Waals surface area (Å²) >= 11 is 1.17. The van der Waals surface area contributed by atoms with E-state index in [4.69, 9.17) is 9.47 Å². The molecule has 0 bridgehead atoms. The topological polar surface area (TPSA) is 86.6 Å². The Bertz CT molecular complexity index is 1250. The largest absolute Gasteiger partial charge is 0.469 e. The number of carbonyl (C=O) groups is 1. The zero-order valence-corrected chi connectivity index (χ0v) is 18.8. The van der Waals surface area contributed by atoms with Gasteiger partial charge in [-0.25, -0.2) is 4.98 Å². The van der Waals surface area contributed by atoms with Gasteiger partial charge in [0.25, 0.3) is 5.56 Å². The average molecular weight is 482 g/mol. The summed E-state index contributed by atoms with van der Waals surface area (Å²) in [5.74, 6) is -0.547. The number of nitrogens with zero attached hydrogens (tertiary/aromatic N) is 4. The van der Waals surface area contributed by atoms with E-state index in [2.05, 4.69) is 9.97 Å². The molecule has 176 valence electrons. The number of fused-ring (bicyclic) bond motifs is 1. The smallest absolute Gasteiger partial charge is 0.416 e. The minimum Gasteiger partial charge on any atom is -0.469 e. The van der Waals surface area contributed by atoms with Gasteiger partial charge in [0.1, 0.15) is 16.9 Å². The summed E-state index contributed by atoms with van der Waals surface area (Å²) in [6, 6.07) is 3.93. The lowest BCUT2D eigenvalue weighted by Gasteiger charge is -2.25. The van der Waals surface area contributed by atoms with E-state index < -0.39 is 23.3 Å². The van der Waals surface area contributed by atoms with Gasteiger partial charge in [-0.1, -0.05) is 23.5 Å². The highest BCUT2D eigenvalue weighted by atomic mass is 32.1. The van der Waals surface area contributed by atoms with Crippen LogP contribution < -0.4 is 10.5 Å². The molecule has 0 spiro atoms. The van der Waals surface area contributed by atoms with Gasteiger partial charge in [0.05, 0.1) is 32.4 Å². The number of morpholine rings is 1. The molecule has 0 atom stereocenters. The second-order valence-corrected chi connectivity index (χ2v) is 8.49. The summed E-state index contributed by atoms with van der Waals surface area (Å²) in [6.45, 7) is 3.60. The number of halogens is 3. The fraction of sp³-hybridized carbons (Fsp3) is 0.429. The molecule has 1 aliphatic heterocycles. The third-order valence-corrected chi connectivity index (χ3v) is 6.58. The van der Waals surface area contributed by atoms with E-state index in [0.717, 1.165) is 6.07 Å². The van der Waals surface area contributed by atoms with Gasteiger partial charge in [-0.3, -0.25) is 9.59 Å². The van der Waals surface area contributed by atoms with Crippen molar-refractivity contribution in [3.63, 3.8) is 0 Å². The lowest BCUT2D eigenvalue weighted by molar-refractivity contribution is -0.140. The van der Waals surface area contributed by atoms with E-state index >= 15 is 0 Å². The molecule has 1 aliphatic rings. The number of methoxy groups -OCH3 is 1. The van der Waals surface area contributed by atoms with Crippen LogP contribution in [0.1, 0.15) is 22.5 Å². The van der Waals surface area contributed by atoms with Gasteiger partial charge in [-0.2, -0.15) is 18.2 Å². The Hall–Kier alpha value is -2.99. The second kappa shape index (κ2) is 9.10. The number of carbonyl (C=O) groups excluding carboxylic acids is 1. The third kappa shape index (κ3) is 4.71. The highest BCUT2D eigenvalue weighted by Gasteiger charge is 2.33. The maximum absolute atomic E-state index is 13.4. The lowest BCUT2D eigenvalue weighted by atomic mass is 10.0. The van der Waals surface area contributed by atoms with Crippen LogP contribution in [0.15, 0.2) is 23.0 Å². The number of aromatic nitrogens is 3. The molecule has 1 fully saturated rings. The Morgan fingerprint density at radius 2 is 1.97 bits per heavy atom. The average Bonchev–Trinajstić information content (AvgIpc) is 3.23. The Morgan fingerprint density at radius 1 is 1.24 bits per heavy atom. The van der Waals surface area contributed by atoms with E-state index in [9.17, 15) is 22.8 Å². The quantitative estimate of drug-likeness (QED) is 0.517. The molecule has 0 saturated carbocycles. The Kier molecular flexibility index (Phi) is 6.39. The first-order valence-corrected chi connectivity index (χ1v) is 11.0. The normalized spacial score (nSPS) is 14.6. The van der Waals surface area contributed by atoms with Gasteiger partial charge in [0.15, 0.2) is 10.8 Å². The molecule has 0 unspecified atom stereocenters. The number of rotatable bonds is 5. The Balaban J connectivity index is 1.86. The van der Waals surface area contributed by atoms with Crippen molar-refractivity contribution in [2.45, 2.75) is 26.1 Å². The van der Waals surface area contributed by atoms with Crippen LogP contribution in [0.5, 0.6) is 0 Å². The standard InChI is InChI=1S/C21H21F3N4O4S/c1-12-13(4-3-5-14(12)21(22,23)24)11-28-15(10-16(29)31-2)25-19(30)17-18(28)26-20(33-17)27-6-8-32-9-7-27/h3-5H,6-11H2,1-2H3. The fourth-order valence-corrected chi connectivity index (χ4v) is 4.70. The van der Waals surface area contributed by atoms with Gasteiger partial charge in [0.2, 0.25) is 0 Å². The molecule has 0 amide bonds. The third-order valence-electron chi connectivity index (χ3n) is 5.48. The number of hydrogen-bond acceptors (Lipinski definition) is 8. The molecule has 0 radical (unpaired) electrons. The van der Waals surface area contributed by atoms with Crippen LogP contribution in [-0.2, 0) is 33.4 Å². The van der Waals surface area contributed by atoms with E-state index in [-0.39, 0.29) is 34.7 Å². The highest BCUT2D eigenvalue weighted by Crippen LogP contribution is 2.34. The number of alkyl halides is 3. The van der Waals surface area contributed by atoms with Gasteiger partial charge in [-0.15, -0.1) is 0 Å². The van der Waals surface area contributed by atoms with Crippen LogP contribution in [0, 0.1) is 6.92 Å². The molecule has 1 saturated heterocycles. The van der Waals surface area contributed by atoms with Crippen molar-refractivity contribution >= 4 is 32.8 Å². The number of benzene rings is 1. The molecule has 33 heavy (non-hydrogen) atoms.